The number of amides is 2. The summed E-state index contributed by atoms with van der Waals surface area (Å²) >= 11 is 0. The summed E-state index contributed by atoms with van der Waals surface area (Å²) in [6.45, 7) is 6.71. The van der Waals surface area contributed by atoms with Crippen molar-refractivity contribution in [2.24, 2.45) is 0 Å². The Balaban J connectivity index is 1.46. The number of hydrogen-bond donors (Lipinski definition) is 2. The molecule has 5 heteroatoms. The topological polar surface area (TPSA) is 71.1 Å². The van der Waals surface area contributed by atoms with Crippen LogP contribution in [-0.2, 0) is 16.8 Å². The van der Waals surface area contributed by atoms with E-state index in [0.29, 0.717) is 12.1 Å². The van der Waals surface area contributed by atoms with Crippen LogP contribution in [0.15, 0.2) is 73.1 Å². The Hall–Kier alpha value is -3.47. The smallest absolute Gasteiger partial charge is 0.251 e. The summed E-state index contributed by atoms with van der Waals surface area (Å²) in [6, 6.07) is 19.3. The average molecular weight is 402 g/mol. The molecule has 0 aliphatic carbocycles. The minimum absolute atomic E-state index is 0.0328. The minimum Gasteiger partial charge on any atom is -0.350 e. The summed E-state index contributed by atoms with van der Waals surface area (Å²) < 4.78 is 0. The Labute approximate surface area is 177 Å². The first-order valence-corrected chi connectivity index (χ1v) is 9.98. The van der Waals surface area contributed by atoms with Crippen molar-refractivity contribution in [1.29, 1.82) is 0 Å². The lowest BCUT2D eigenvalue weighted by molar-refractivity contribution is -0.120. The molecule has 1 heterocycles. The first-order valence-electron chi connectivity index (χ1n) is 9.98. The molecule has 0 aliphatic heterocycles. The zero-order valence-corrected chi connectivity index (χ0v) is 17.6. The van der Waals surface area contributed by atoms with Gasteiger partial charge in [-0.05, 0) is 45.9 Å². The lowest BCUT2D eigenvalue weighted by atomic mass is 9.87. The molecule has 1 aromatic heterocycles. The van der Waals surface area contributed by atoms with Gasteiger partial charge in [0.25, 0.3) is 5.91 Å². The minimum atomic E-state index is -0.258. The highest BCUT2D eigenvalue weighted by molar-refractivity contribution is 5.96. The van der Waals surface area contributed by atoms with Gasteiger partial charge in [-0.3, -0.25) is 14.6 Å². The lowest BCUT2D eigenvalue weighted by Crippen LogP contribution is -2.36. The fourth-order valence-electron chi connectivity index (χ4n) is 3.00. The second kappa shape index (κ2) is 9.35. The Morgan fingerprint density at radius 3 is 2.17 bits per heavy atom. The fraction of sp³-hybridized carbons (Fsp3) is 0.240. The molecular weight excluding hydrogens is 374 g/mol. The molecule has 0 fully saturated rings. The molecule has 0 saturated heterocycles. The molecule has 2 amide bonds. The van der Waals surface area contributed by atoms with Gasteiger partial charge in [0.05, 0.1) is 6.54 Å². The van der Waals surface area contributed by atoms with Gasteiger partial charge in [0.1, 0.15) is 0 Å². The number of pyridine rings is 1. The van der Waals surface area contributed by atoms with Crippen molar-refractivity contribution in [3.63, 3.8) is 0 Å². The van der Waals surface area contributed by atoms with E-state index in [2.05, 4.69) is 36.4 Å². The molecule has 3 rings (SSSR count). The zero-order chi connectivity index (χ0) is 21.6. The number of carbonyl (C=O) groups excluding carboxylic acids is 2. The largest absolute Gasteiger partial charge is 0.350 e. The van der Waals surface area contributed by atoms with Crippen LogP contribution in [0, 0.1) is 0 Å². The van der Waals surface area contributed by atoms with Gasteiger partial charge in [0, 0.05) is 24.5 Å². The summed E-state index contributed by atoms with van der Waals surface area (Å²) in [6.07, 6.45) is 3.56. The summed E-state index contributed by atoms with van der Waals surface area (Å²) in [4.78, 5) is 28.5. The Bertz CT molecular complexity index is 989. The number of nitrogens with zero attached hydrogens (tertiary/aromatic N) is 1. The maximum absolute atomic E-state index is 12.3. The van der Waals surface area contributed by atoms with Crippen molar-refractivity contribution in [3.8, 4) is 11.1 Å². The molecule has 0 unspecified atom stereocenters. The second-order valence-corrected chi connectivity index (χ2v) is 8.23. The first kappa shape index (κ1) is 21.2. The van der Waals surface area contributed by atoms with Crippen LogP contribution in [0.3, 0.4) is 0 Å². The molecule has 0 saturated carbocycles. The summed E-state index contributed by atoms with van der Waals surface area (Å²) in [5.41, 5.74) is 4.84. The second-order valence-electron chi connectivity index (χ2n) is 8.23. The predicted molar refractivity (Wildman–Crippen MR) is 119 cm³/mol. The predicted octanol–water partition coefficient (Wildman–Crippen LogP) is 4.09. The standard InChI is InChI=1S/C25H27N3O2/c1-25(2,3)22-12-10-20(11-13-22)24(30)28-17-23(29)27-15-18-6-8-19(9-7-18)21-5-4-14-26-16-21/h4-14,16H,15,17H2,1-3H3,(H,27,29)(H,28,30). The van der Waals surface area contributed by atoms with Gasteiger partial charge in [-0.2, -0.15) is 0 Å². The van der Waals surface area contributed by atoms with E-state index < -0.39 is 0 Å². The highest BCUT2D eigenvalue weighted by Gasteiger charge is 2.14. The van der Waals surface area contributed by atoms with Crippen LogP contribution >= 0.6 is 0 Å². The highest BCUT2D eigenvalue weighted by Crippen LogP contribution is 2.22. The van der Waals surface area contributed by atoms with E-state index in [-0.39, 0.29) is 23.8 Å². The third-order valence-corrected chi connectivity index (χ3v) is 4.86. The Kier molecular flexibility index (Phi) is 6.62. The fourth-order valence-corrected chi connectivity index (χ4v) is 3.00. The van der Waals surface area contributed by atoms with Gasteiger partial charge in [0.2, 0.25) is 5.91 Å². The Morgan fingerprint density at radius 2 is 1.57 bits per heavy atom. The van der Waals surface area contributed by atoms with Gasteiger partial charge < -0.3 is 10.6 Å². The highest BCUT2D eigenvalue weighted by atomic mass is 16.2. The first-order chi connectivity index (χ1) is 14.3. The maximum atomic E-state index is 12.3. The van der Waals surface area contributed by atoms with Gasteiger partial charge >= 0.3 is 0 Å². The third kappa shape index (κ3) is 5.77. The monoisotopic (exact) mass is 401 g/mol. The van der Waals surface area contributed by atoms with Gasteiger partial charge in [-0.1, -0.05) is 63.2 Å². The Morgan fingerprint density at radius 1 is 0.867 bits per heavy atom. The third-order valence-electron chi connectivity index (χ3n) is 4.86. The molecule has 3 aromatic rings. The van der Waals surface area contributed by atoms with Crippen molar-refractivity contribution in [3.05, 3.63) is 89.7 Å². The van der Waals surface area contributed by atoms with Crippen molar-refractivity contribution < 1.29 is 9.59 Å². The van der Waals surface area contributed by atoms with E-state index >= 15 is 0 Å². The number of hydrogen-bond acceptors (Lipinski definition) is 3. The van der Waals surface area contributed by atoms with E-state index in [1.165, 1.54) is 0 Å². The van der Waals surface area contributed by atoms with Crippen molar-refractivity contribution in [2.75, 3.05) is 6.54 Å². The van der Waals surface area contributed by atoms with E-state index in [0.717, 1.165) is 22.3 Å². The average Bonchev–Trinajstić information content (AvgIpc) is 2.76. The van der Waals surface area contributed by atoms with Gasteiger partial charge in [0.15, 0.2) is 0 Å². The van der Waals surface area contributed by atoms with Crippen molar-refractivity contribution in [2.45, 2.75) is 32.7 Å². The number of benzene rings is 2. The van der Waals surface area contributed by atoms with Crippen LogP contribution in [0.25, 0.3) is 11.1 Å². The number of aromatic nitrogens is 1. The summed E-state index contributed by atoms with van der Waals surface area (Å²) in [5.74, 6) is -0.488. The van der Waals surface area contributed by atoms with E-state index in [9.17, 15) is 9.59 Å². The van der Waals surface area contributed by atoms with Crippen LogP contribution in [0.5, 0.6) is 0 Å². The quantitative estimate of drug-likeness (QED) is 0.653. The molecule has 2 aromatic carbocycles. The molecule has 0 spiro atoms. The number of nitrogens with one attached hydrogen (secondary N) is 2. The normalized spacial score (nSPS) is 11.0. The molecular formula is C25H27N3O2. The van der Waals surface area contributed by atoms with E-state index in [4.69, 9.17) is 0 Å². The number of carbonyl (C=O) groups is 2. The molecule has 0 bridgehead atoms. The van der Waals surface area contributed by atoms with Gasteiger partial charge in [-0.25, -0.2) is 0 Å². The molecule has 0 aliphatic rings. The van der Waals surface area contributed by atoms with Crippen LogP contribution in [-0.4, -0.2) is 23.3 Å². The summed E-state index contributed by atoms with van der Waals surface area (Å²) in [5, 5.41) is 5.49. The molecule has 154 valence electrons. The molecule has 5 nitrogen and oxygen atoms in total. The van der Waals surface area contributed by atoms with Crippen LogP contribution in [0.4, 0.5) is 0 Å². The zero-order valence-electron chi connectivity index (χ0n) is 17.6. The molecule has 30 heavy (non-hydrogen) atoms. The SMILES string of the molecule is CC(C)(C)c1ccc(C(=O)NCC(=O)NCc2ccc(-c3cccnc3)cc2)cc1. The van der Waals surface area contributed by atoms with E-state index in [1.54, 1.807) is 18.3 Å². The van der Waals surface area contributed by atoms with Crippen LogP contribution in [0.1, 0.15) is 42.3 Å². The van der Waals surface area contributed by atoms with Gasteiger partial charge in [-0.15, -0.1) is 0 Å². The van der Waals surface area contributed by atoms with Crippen LogP contribution < -0.4 is 10.6 Å². The number of rotatable bonds is 6. The van der Waals surface area contributed by atoms with Crippen molar-refractivity contribution in [1.82, 2.24) is 15.6 Å². The lowest BCUT2D eigenvalue weighted by Gasteiger charge is -2.19. The van der Waals surface area contributed by atoms with Crippen LogP contribution in [0.2, 0.25) is 0 Å². The van der Waals surface area contributed by atoms with E-state index in [1.807, 2.05) is 54.7 Å². The molecule has 0 radical (unpaired) electrons. The molecule has 2 N–H and O–H groups in total. The summed E-state index contributed by atoms with van der Waals surface area (Å²) in [7, 11) is 0. The van der Waals surface area contributed by atoms with Crippen molar-refractivity contribution >= 4 is 11.8 Å². The molecule has 0 atom stereocenters. The maximum Gasteiger partial charge on any atom is 0.251 e.